The first-order chi connectivity index (χ1) is 17.1. The zero-order valence-electron chi connectivity index (χ0n) is 19.3. The van der Waals surface area contributed by atoms with Crippen LogP contribution in [0, 0.1) is 5.92 Å². The number of fused-ring (bicyclic) bond motifs is 1. The summed E-state index contributed by atoms with van der Waals surface area (Å²) in [6.45, 7) is 1.38. The molecule has 1 aliphatic heterocycles. The van der Waals surface area contributed by atoms with E-state index < -0.39 is 0 Å². The summed E-state index contributed by atoms with van der Waals surface area (Å²) < 4.78 is 7.93. The van der Waals surface area contributed by atoms with Crippen molar-refractivity contribution in [3.8, 4) is 22.6 Å². The van der Waals surface area contributed by atoms with Gasteiger partial charge in [0.2, 0.25) is 5.91 Å². The molecule has 0 radical (unpaired) electrons. The molecule has 0 spiro atoms. The fraction of sp³-hybridized carbons (Fsp3) is 0.296. The Balaban J connectivity index is 1.37. The molecule has 1 saturated heterocycles. The van der Waals surface area contributed by atoms with Crippen LogP contribution in [0.4, 0.5) is 5.82 Å². The lowest BCUT2D eigenvalue weighted by Gasteiger charge is -2.34. The van der Waals surface area contributed by atoms with Crippen LogP contribution < -0.4 is 16.0 Å². The number of likely N-dealkylation sites (tertiary alicyclic amines) is 1. The van der Waals surface area contributed by atoms with Gasteiger partial charge < -0.3 is 19.9 Å². The number of hydrogen-bond donors (Lipinski definition) is 2. The number of carbonyl (C=O) groups excluding carboxylic acids is 1. The lowest BCUT2D eigenvalue weighted by Crippen LogP contribution is -2.41. The van der Waals surface area contributed by atoms with Crippen molar-refractivity contribution >= 4 is 22.6 Å². The minimum atomic E-state index is -0.282. The van der Waals surface area contributed by atoms with Crippen LogP contribution in [0.5, 0.6) is 11.5 Å². The van der Waals surface area contributed by atoms with Gasteiger partial charge in [0.1, 0.15) is 17.0 Å². The number of anilines is 1. The number of benzene rings is 2. The highest BCUT2D eigenvalue weighted by molar-refractivity contribution is 6.02. The molecule has 1 amide bonds. The Morgan fingerprint density at radius 2 is 1.77 bits per heavy atom. The summed E-state index contributed by atoms with van der Waals surface area (Å²) >= 11 is 0. The van der Waals surface area contributed by atoms with E-state index in [4.69, 9.17) is 10.5 Å². The third-order valence-corrected chi connectivity index (χ3v) is 6.95. The maximum atomic E-state index is 12.9. The second-order valence-electron chi connectivity index (χ2n) is 9.41. The zero-order chi connectivity index (χ0) is 23.9. The molecule has 6 rings (SSSR count). The molecule has 1 aliphatic carbocycles. The van der Waals surface area contributed by atoms with Gasteiger partial charge in [0.25, 0.3) is 5.56 Å². The van der Waals surface area contributed by atoms with Crippen molar-refractivity contribution in [1.82, 2.24) is 19.7 Å². The lowest BCUT2D eigenvalue weighted by molar-refractivity contribution is -0.134. The summed E-state index contributed by atoms with van der Waals surface area (Å²) in [4.78, 5) is 27.6. The van der Waals surface area contributed by atoms with Gasteiger partial charge in [0.15, 0.2) is 5.82 Å². The van der Waals surface area contributed by atoms with E-state index in [0.29, 0.717) is 23.2 Å². The number of nitrogens with two attached hydrogens (primary N) is 1. The molecule has 0 bridgehead atoms. The molecule has 2 fully saturated rings. The molecule has 3 heterocycles. The highest BCUT2D eigenvalue weighted by atomic mass is 16.5. The number of nitrogen functional groups attached to an aromatic ring is 1. The topological polar surface area (TPSA) is 106 Å². The van der Waals surface area contributed by atoms with E-state index >= 15 is 0 Å². The number of nitrogens with one attached hydrogen (secondary N) is 1. The summed E-state index contributed by atoms with van der Waals surface area (Å²) in [6.07, 6.45) is 5.76. The molecule has 8 nitrogen and oxygen atoms in total. The molecular formula is C27H27N5O3. The highest BCUT2D eigenvalue weighted by Gasteiger charge is 2.36. The van der Waals surface area contributed by atoms with Crippen LogP contribution in [0.25, 0.3) is 22.0 Å². The molecule has 35 heavy (non-hydrogen) atoms. The Kier molecular flexibility index (Phi) is 5.28. The van der Waals surface area contributed by atoms with Gasteiger partial charge in [-0.05, 0) is 55.5 Å². The number of aromatic amines is 1. The molecule has 0 unspecified atom stereocenters. The van der Waals surface area contributed by atoms with E-state index in [2.05, 4.69) is 10.2 Å². The van der Waals surface area contributed by atoms with E-state index in [1.807, 2.05) is 70.3 Å². The Labute approximate surface area is 202 Å². The number of carbonyl (C=O) groups is 1. The fourth-order valence-corrected chi connectivity index (χ4v) is 5.04. The number of ether oxygens (including phenoxy) is 1. The normalized spacial score (nSPS) is 18.1. The third kappa shape index (κ3) is 4.05. The number of hydrogen-bond acceptors (Lipinski definition) is 5. The van der Waals surface area contributed by atoms with Crippen LogP contribution in [0.2, 0.25) is 0 Å². The number of rotatable bonds is 5. The van der Waals surface area contributed by atoms with E-state index in [1.165, 1.54) is 0 Å². The van der Waals surface area contributed by atoms with E-state index in [0.717, 1.165) is 49.1 Å². The number of aromatic nitrogens is 3. The number of nitrogens with zero attached hydrogens (tertiary/aromatic N) is 3. The first-order valence-electron chi connectivity index (χ1n) is 12.1. The Morgan fingerprint density at radius 1 is 1.03 bits per heavy atom. The standard InChI is InChI=1S/C27H27N5O3/c28-25-23-22(17-10-12-21(13-11-17)35-20-6-2-1-3-7-20)16-32(24(23)26(33)30-29-25)19-5-4-14-31(15-19)27(34)18-8-9-18/h1-3,6-7,10-13,16,18-19H,4-5,8-9,14-15H2,(H2,28,29)(H,30,33)/t19-/m1/s1. The van der Waals surface area contributed by atoms with Crippen molar-refractivity contribution in [3.63, 3.8) is 0 Å². The average molecular weight is 470 g/mol. The maximum absolute atomic E-state index is 12.9. The summed E-state index contributed by atoms with van der Waals surface area (Å²) in [5.74, 6) is 2.19. The van der Waals surface area contributed by atoms with E-state index in [-0.39, 0.29) is 29.2 Å². The minimum absolute atomic E-state index is 0.00582. The quantitative estimate of drug-likeness (QED) is 0.452. The van der Waals surface area contributed by atoms with Crippen LogP contribution in [0.3, 0.4) is 0 Å². The Bertz CT molecular complexity index is 1440. The third-order valence-electron chi connectivity index (χ3n) is 6.95. The number of para-hydroxylation sites is 1. The zero-order valence-corrected chi connectivity index (χ0v) is 19.3. The number of amides is 1. The van der Waals surface area contributed by atoms with Gasteiger partial charge in [0, 0.05) is 30.8 Å². The second kappa shape index (κ2) is 8.61. The van der Waals surface area contributed by atoms with Crippen molar-refractivity contribution in [1.29, 1.82) is 0 Å². The number of piperidine rings is 1. The molecule has 3 N–H and O–H groups in total. The average Bonchev–Trinajstić information content (AvgIpc) is 3.66. The molecule has 8 heteroatoms. The summed E-state index contributed by atoms with van der Waals surface area (Å²) in [7, 11) is 0. The second-order valence-corrected chi connectivity index (χ2v) is 9.41. The van der Waals surface area contributed by atoms with Crippen LogP contribution in [-0.4, -0.2) is 38.7 Å². The van der Waals surface area contributed by atoms with Crippen molar-refractivity contribution in [2.75, 3.05) is 18.8 Å². The first kappa shape index (κ1) is 21.5. The smallest absolute Gasteiger partial charge is 0.288 e. The van der Waals surface area contributed by atoms with Crippen LogP contribution in [0.15, 0.2) is 65.6 Å². The van der Waals surface area contributed by atoms with Gasteiger partial charge in [-0.3, -0.25) is 9.59 Å². The van der Waals surface area contributed by atoms with Gasteiger partial charge in [0.05, 0.1) is 11.4 Å². The van der Waals surface area contributed by atoms with Crippen molar-refractivity contribution < 1.29 is 9.53 Å². The van der Waals surface area contributed by atoms with Gasteiger partial charge >= 0.3 is 0 Å². The molecule has 2 aromatic carbocycles. The summed E-state index contributed by atoms with van der Waals surface area (Å²) in [5, 5.41) is 7.21. The van der Waals surface area contributed by atoms with Crippen LogP contribution in [0.1, 0.15) is 31.7 Å². The van der Waals surface area contributed by atoms with Crippen molar-refractivity contribution in [3.05, 3.63) is 71.1 Å². The van der Waals surface area contributed by atoms with Gasteiger partial charge in [-0.1, -0.05) is 30.3 Å². The predicted molar refractivity (Wildman–Crippen MR) is 134 cm³/mol. The molecule has 2 aromatic heterocycles. The summed E-state index contributed by atoms with van der Waals surface area (Å²) in [5.41, 5.74) is 8.25. The number of H-pyrrole nitrogens is 1. The SMILES string of the molecule is Nc1n[nH]c(=O)c2c1c(-c1ccc(Oc3ccccc3)cc1)cn2[C@@H]1CCCN(C(=O)C2CC2)C1. The van der Waals surface area contributed by atoms with Crippen molar-refractivity contribution in [2.45, 2.75) is 31.7 Å². The lowest BCUT2D eigenvalue weighted by atomic mass is 10.0. The highest BCUT2D eigenvalue weighted by Crippen LogP contribution is 2.38. The van der Waals surface area contributed by atoms with Crippen molar-refractivity contribution in [2.24, 2.45) is 5.92 Å². The molecule has 1 atom stereocenters. The van der Waals surface area contributed by atoms with Crippen LogP contribution in [-0.2, 0) is 4.79 Å². The van der Waals surface area contributed by atoms with E-state index in [9.17, 15) is 9.59 Å². The largest absolute Gasteiger partial charge is 0.457 e. The maximum Gasteiger partial charge on any atom is 0.288 e. The first-order valence-corrected chi connectivity index (χ1v) is 12.1. The monoisotopic (exact) mass is 469 g/mol. The molecular weight excluding hydrogens is 442 g/mol. The predicted octanol–water partition coefficient (Wildman–Crippen LogP) is 4.34. The molecule has 2 aliphatic rings. The van der Waals surface area contributed by atoms with Gasteiger partial charge in [-0.25, -0.2) is 5.10 Å². The van der Waals surface area contributed by atoms with Gasteiger partial charge in [-0.15, -0.1) is 0 Å². The molecule has 1 saturated carbocycles. The minimum Gasteiger partial charge on any atom is -0.457 e. The Hall–Kier alpha value is -4.07. The molecule has 178 valence electrons. The molecule has 4 aromatic rings. The van der Waals surface area contributed by atoms with E-state index in [1.54, 1.807) is 0 Å². The van der Waals surface area contributed by atoms with Gasteiger partial charge in [-0.2, -0.15) is 5.10 Å². The Morgan fingerprint density at radius 3 is 2.51 bits per heavy atom. The summed E-state index contributed by atoms with van der Waals surface area (Å²) in [6, 6.07) is 17.3. The fourth-order valence-electron chi connectivity index (χ4n) is 5.04. The van der Waals surface area contributed by atoms with Crippen LogP contribution >= 0.6 is 0 Å².